The van der Waals surface area contributed by atoms with Gasteiger partial charge in [-0.1, -0.05) is 6.92 Å². The second kappa shape index (κ2) is 7.23. The zero-order chi connectivity index (χ0) is 13.6. The van der Waals surface area contributed by atoms with Gasteiger partial charge in [0.25, 0.3) is 0 Å². The summed E-state index contributed by atoms with van der Waals surface area (Å²) < 4.78 is 22.2. The largest absolute Gasteiger partial charge is 0.355 e. The molecule has 106 valence electrons. The molecule has 0 aliphatic carbocycles. The summed E-state index contributed by atoms with van der Waals surface area (Å²) in [5, 5.41) is 3.77. The van der Waals surface area contributed by atoms with Crippen LogP contribution in [0.1, 0.15) is 13.3 Å². The number of rotatable bonds is 4. The molecule has 5 nitrogen and oxygen atoms in total. The van der Waals surface area contributed by atoms with Crippen molar-refractivity contribution in [3.63, 3.8) is 0 Å². The van der Waals surface area contributed by atoms with E-state index >= 15 is 0 Å². The number of nitrogens with one attached hydrogen (secondary N) is 1. The van der Waals surface area contributed by atoms with Crippen LogP contribution in [0.4, 0.5) is 0 Å². The summed E-state index contributed by atoms with van der Waals surface area (Å²) in [5.41, 5.74) is 0. The SMILES string of the molecule is CCC1CN(C(=NC)NCCS(C)(=O)=O)CCS1. The van der Waals surface area contributed by atoms with Crippen molar-refractivity contribution >= 4 is 27.6 Å². The minimum absolute atomic E-state index is 0.145. The Labute approximate surface area is 114 Å². The van der Waals surface area contributed by atoms with E-state index in [1.807, 2.05) is 11.8 Å². The van der Waals surface area contributed by atoms with Crippen molar-refractivity contribution < 1.29 is 8.42 Å². The monoisotopic (exact) mass is 293 g/mol. The van der Waals surface area contributed by atoms with Gasteiger partial charge in [-0.05, 0) is 6.42 Å². The van der Waals surface area contributed by atoms with Gasteiger partial charge in [0.15, 0.2) is 5.96 Å². The molecule has 1 atom stereocenters. The number of guanidine groups is 1. The van der Waals surface area contributed by atoms with Crippen LogP contribution >= 0.6 is 11.8 Å². The Morgan fingerprint density at radius 1 is 1.56 bits per heavy atom. The Morgan fingerprint density at radius 3 is 2.83 bits per heavy atom. The highest BCUT2D eigenvalue weighted by Crippen LogP contribution is 2.20. The molecule has 7 heteroatoms. The molecule has 1 fully saturated rings. The zero-order valence-electron chi connectivity index (χ0n) is 11.3. The normalized spacial score (nSPS) is 22.1. The maximum Gasteiger partial charge on any atom is 0.193 e. The summed E-state index contributed by atoms with van der Waals surface area (Å²) in [6, 6.07) is 0. The highest BCUT2D eigenvalue weighted by atomic mass is 32.2. The lowest BCUT2D eigenvalue weighted by molar-refractivity contribution is 0.409. The van der Waals surface area contributed by atoms with Crippen LogP contribution in [0.15, 0.2) is 4.99 Å². The number of sulfone groups is 1. The van der Waals surface area contributed by atoms with Crippen molar-refractivity contribution in [3.05, 3.63) is 0 Å². The third-order valence-electron chi connectivity index (χ3n) is 2.86. The van der Waals surface area contributed by atoms with Crippen LogP contribution in [-0.4, -0.2) is 69.0 Å². The minimum atomic E-state index is -2.91. The van der Waals surface area contributed by atoms with Gasteiger partial charge in [-0.25, -0.2) is 8.42 Å². The van der Waals surface area contributed by atoms with Crippen LogP contribution in [0, 0.1) is 0 Å². The quantitative estimate of drug-likeness (QED) is 0.602. The highest BCUT2D eigenvalue weighted by Gasteiger charge is 2.21. The predicted molar refractivity (Wildman–Crippen MR) is 79.2 cm³/mol. The van der Waals surface area contributed by atoms with Gasteiger partial charge in [0.05, 0.1) is 5.75 Å². The molecular formula is C11H23N3O2S2. The van der Waals surface area contributed by atoms with Gasteiger partial charge in [0, 0.05) is 43.9 Å². The summed E-state index contributed by atoms with van der Waals surface area (Å²) in [6.07, 6.45) is 2.41. The van der Waals surface area contributed by atoms with E-state index in [-0.39, 0.29) is 5.75 Å². The fourth-order valence-corrected chi connectivity index (χ4v) is 3.49. The van der Waals surface area contributed by atoms with Crippen LogP contribution in [-0.2, 0) is 9.84 Å². The van der Waals surface area contributed by atoms with Gasteiger partial charge < -0.3 is 10.2 Å². The van der Waals surface area contributed by atoms with Gasteiger partial charge in [-0.15, -0.1) is 0 Å². The molecule has 0 radical (unpaired) electrons. The maximum absolute atomic E-state index is 11.1. The van der Waals surface area contributed by atoms with E-state index in [4.69, 9.17) is 0 Å². The van der Waals surface area contributed by atoms with Gasteiger partial charge >= 0.3 is 0 Å². The van der Waals surface area contributed by atoms with E-state index in [2.05, 4.69) is 22.1 Å². The standard InChI is InChI=1S/C11H23N3O2S2/c1-4-10-9-14(6-7-17-10)11(12-2)13-5-8-18(3,15)16/h10H,4-9H2,1-3H3,(H,12,13). The van der Waals surface area contributed by atoms with Gasteiger partial charge in [-0.2, -0.15) is 11.8 Å². The Kier molecular flexibility index (Phi) is 6.28. The molecule has 0 aromatic heterocycles. The van der Waals surface area contributed by atoms with E-state index in [0.717, 1.165) is 31.2 Å². The number of nitrogens with zero attached hydrogens (tertiary/aromatic N) is 2. The first-order valence-corrected chi connectivity index (χ1v) is 9.32. The second-order valence-electron chi connectivity index (χ2n) is 4.45. The Hall–Kier alpha value is -0.430. The van der Waals surface area contributed by atoms with Gasteiger partial charge in [0.2, 0.25) is 0 Å². The molecule has 0 spiro atoms. The summed E-state index contributed by atoms with van der Waals surface area (Å²) in [4.78, 5) is 6.44. The molecule has 1 aliphatic rings. The van der Waals surface area contributed by atoms with Crippen molar-refractivity contribution in [2.45, 2.75) is 18.6 Å². The fraction of sp³-hybridized carbons (Fsp3) is 0.909. The first kappa shape index (κ1) is 15.6. The fourth-order valence-electron chi connectivity index (χ4n) is 1.84. The van der Waals surface area contributed by atoms with E-state index in [1.54, 1.807) is 7.05 Å². The molecule has 1 heterocycles. The predicted octanol–water partition coefficient (Wildman–Crippen LogP) is 0.434. The Balaban J connectivity index is 2.46. The van der Waals surface area contributed by atoms with Crippen molar-refractivity contribution in [2.24, 2.45) is 4.99 Å². The Bertz CT molecular complexity index is 382. The summed E-state index contributed by atoms with van der Waals surface area (Å²) in [6.45, 7) is 4.58. The zero-order valence-corrected chi connectivity index (χ0v) is 13.0. The van der Waals surface area contributed by atoms with Gasteiger partial charge in [0.1, 0.15) is 9.84 Å². The molecule has 0 aromatic rings. The third-order valence-corrected chi connectivity index (χ3v) is 5.18. The van der Waals surface area contributed by atoms with Crippen molar-refractivity contribution in [1.29, 1.82) is 0 Å². The lowest BCUT2D eigenvalue weighted by atomic mass is 10.3. The molecule has 0 bridgehead atoms. The topological polar surface area (TPSA) is 61.8 Å². The maximum atomic E-state index is 11.1. The van der Waals surface area contributed by atoms with Gasteiger partial charge in [-0.3, -0.25) is 4.99 Å². The highest BCUT2D eigenvalue weighted by molar-refractivity contribution is 8.00. The number of thioether (sulfide) groups is 1. The average molecular weight is 293 g/mol. The van der Waals surface area contributed by atoms with Crippen LogP contribution < -0.4 is 5.32 Å². The van der Waals surface area contributed by atoms with Crippen LogP contribution in [0.3, 0.4) is 0 Å². The first-order valence-electron chi connectivity index (χ1n) is 6.21. The molecule has 1 saturated heterocycles. The van der Waals surface area contributed by atoms with Crippen LogP contribution in [0.2, 0.25) is 0 Å². The summed E-state index contributed by atoms with van der Waals surface area (Å²) in [7, 11) is -1.17. The second-order valence-corrected chi connectivity index (χ2v) is 8.12. The minimum Gasteiger partial charge on any atom is -0.355 e. The number of hydrogen-bond acceptors (Lipinski definition) is 4. The third kappa shape index (κ3) is 5.48. The van der Waals surface area contributed by atoms with Crippen LogP contribution in [0.5, 0.6) is 0 Å². The smallest absolute Gasteiger partial charge is 0.193 e. The summed E-state index contributed by atoms with van der Waals surface area (Å²) >= 11 is 2.00. The van der Waals surface area contributed by atoms with E-state index in [9.17, 15) is 8.42 Å². The molecule has 18 heavy (non-hydrogen) atoms. The molecule has 0 saturated carbocycles. The molecule has 1 rings (SSSR count). The molecule has 1 unspecified atom stereocenters. The lowest BCUT2D eigenvalue weighted by Crippen LogP contribution is -2.48. The van der Waals surface area contributed by atoms with Crippen LogP contribution in [0.25, 0.3) is 0 Å². The summed E-state index contributed by atoms with van der Waals surface area (Å²) in [5.74, 6) is 2.06. The van der Waals surface area contributed by atoms with E-state index < -0.39 is 9.84 Å². The molecular weight excluding hydrogens is 270 g/mol. The average Bonchev–Trinajstić information content (AvgIpc) is 2.33. The number of aliphatic imine (C=N–C) groups is 1. The van der Waals surface area contributed by atoms with E-state index in [0.29, 0.717) is 11.8 Å². The van der Waals surface area contributed by atoms with Crippen molar-refractivity contribution in [3.8, 4) is 0 Å². The molecule has 1 N–H and O–H groups in total. The molecule has 0 amide bonds. The van der Waals surface area contributed by atoms with Crippen molar-refractivity contribution in [1.82, 2.24) is 10.2 Å². The first-order chi connectivity index (χ1) is 8.46. The number of hydrogen-bond donors (Lipinski definition) is 1. The van der Waals surface area contributed by atoms with Crippen molar-refractivity contribution in [2.75, 3.05) is 44.4 Å². The van der Waals surface area contributed by atoms with E-state index in [1.165, 1.54) is 6.26 Å². The lowest BCUT2D eigenvalue weighted by Gasteiger charge is -2.34. The molecule has 1 aliphatic heterocycles. The molecule has 0 aromatic carbocycles. The Morgan fingerprint density at radius 2 is 2.28 bits per heavy atom.